The highest BCUT2D eigenvalue weighted by molar-refractivity contribution is 5.15. The van der Waals surface area contributed by atoms with E-state index in [1.807, 2.05) is 13.1 Å². The molecule has 10 heavy (non-hydrogen) atoms. The molecule has 0 atom stereocenters. The predicted octanol–water partition coefficient (Wildman–Crippen LogP) is 2.23. The van der Waals surface area contributed by atoms with Crippen LogP contribution in [0.1, 0.15) is 5.56 Å². The van der Waals surface area contributed by atoms with Crippen molar-refractivity contribution in [2.45, 2.75) is 6.42 Å². The lowest BCUT2D eigenvalue weighted by atomic mass is 10.2. The maximum atomic E-state index is 4.03. The van der Waals surface area contributed by atoms with Crippen molar-refractivity contribution in [3.05, 3.63) is 41.2 Å². The van der Waals surface area contributed by atoms with E-state index in [0.29, 0.717) is 0 Å². The van der Waals surface area contributed by atoms with E-state index in [1.54, 1.807) is 0 Å². The first-order valence-electron chi connectivity index (χ1n) is 3.53. The Morgan fingerprint density at radius 2 is 1.90 bits per heavy atom. The first-order valence-corrected chi connectivity index (χ1v) is 3.53. The van der Waals surface area contributed by atoms with Gasteiger partial charge >= 0.3 is 0 Å². The smallest absolute Gasteiger partial charge is 0.0468 e. The molecule has 0 spiro atoms. The minimum Gasteiger partial charge on any atom is -0.665 e. The zero-order valence-corrected chi connectivity index (χ0v) is 6.25. The van der Waals surface area contributed by atoms with E-state index in [0.717, 1.165) is 13.0 Å². The molecule has 0 unspecified atom stereocenters. The SMILES string of the molecule is C[N-]CCc1ccccc1. The van der Waals surface area contributed by atoms with Crippen LogP contribution in [0.25, 0.3) is 5.32 Å². The van der Waals surface area contributed by atoms with Crippen LogP contribution in [-0.2, 0) is 6.42 Å². The number of likely N-dealkylation sites (N-methyl/N-ethyl adjacent to an activating group) is 1. The van der Waals surface area contributed by atoms with Gasteiger partial charge in [0.1, 0.15) is 0 Å². The van der Waals surface area contributed by atoms with E-state index < -0.39 is 0 Å². The monoisotopic (exact) mass is 134 g/mol. The lowest BCUT2D eigenvalue weighted by Gasteiger charge is -2.09. The molecule has 0 saturated carbocycles. The molecule has 0 heterocycles. The Bertz CT molecular complexity index is 169. The van der Waals surface area contributed by atoms with Gasteiger partial charge < -0.3 is 5.32 Å². The van der Waals surface area contributed by atoms with Crippen molar-refractivity contribution in [2.24, 2.45) is 0 Å². The highest BCUT2D eigenvalue weighted by atomic mass is 14.8. The molecule has 0 saturated heterocycles. The van der Waals surface area contributed by atoms with Crippen molar-refractivity contribution in [1.29, 1.82) is 0 Å². The maximum absolute atomic E-state index is 4.03. The molecule has 0 amide bonds. The summed E-state index contributed by atoms with van der Waals surface area (Å²) in [5.74, 6) is 0. The molecule has 0 aliphatic carbocycles. The fraction of sp³-hybridized carbons (Fsp3) is 0.333. The topological polar surface area (TPSA) is 14.1 Å². The second-order valence-corrected chi connectivity index (χ2v) is 2.28. The lowest BCUT2D eigenvalue weighted by Crippen LogP contribution is -1.88. The molecule has 1 heteroatoms. The molecular formula is C9H12N-. The second kappa shape index (κ2) is 4.07. The molecule has 1 aromatic carbocycles. The number of hydrogen-bond acceptors (Lipinski definition) is 0. The minimum atomic E-state index is 0.935. The first-order chi connectivity index (χ1) is 4.93. The summed E-state index contributed by atoms with van der Waals surface area (Å²) in [6.45, 7) is 0.935. The summed E-state index contributed by atoms with van der Waals surface area (Å²) in [4.78, 5) is 0. The Hall–Kier alpha value is -0.820. The van der Waals surface area contributed by atoms with E-state index in [9.17, 15) is 0 Å². The van der Waals surface area contributed by atoms with Crippen LogP contribution in [0.5, 0.6) is 0 Å². The van der Waals surface area contributed by atoms with Gasteiger partial charge in [0.15, 0.2) is 0 Å². The normalized spacial score (nSPS) is 9.70. The van der Waals surface area contributed by atoms with Gasteiger partial charge in [0.05, 0.1) is 0 Å². The average Bonchev–Trinajstić information content (AvgIpc) is 2.03. The van der Waals surface area contributed by atoms with Crippen LogP contribution < -0.4 is 0 Å². The summed E-state index contributed by atoms with van der Waals surface area (Å²) >= 11 is 0. The summed E-state index contributed by atoms with van der Waals surface area (Å²) < 4.78 is 0. The molecule has 0 fully saturated rings. The van der Waals surface area contributed by atoms with Crippen LogP contribution in [0.15, 0.2) is 30.3 Å². The van der Waals surface area contributed by atoms with Gasteiger partial charge in [-0.3, -0.25) is 0 Å². The quantitative estimate of drug-likeness (QED) is 0.602. The molecule has 1 aromatic rings. The number of benzene rings is 1. The van der Waals surface area contributed by atoms with Crippen LogP contribution in [0.3, 0.4) is 0 Å². The van der Waals surface area contributed by atoms with Gasteiger partial charge in [-0.25, -0.2) is 0 Å². The molecule has 0 aliphatic heterocycles. The Kier molecular flexibility index (Phi) is 2.97. The van der Waals surface area contributed by atoms with Gasteiger partial charge in [-0.1, -0.05) is 30.3 Å². The molecule has 54 valence electrons. The summed E-state index contributed by atoms with van der Waals surface area (Å²) in [6.07, 6.45) is 1.07. The fourth-order valence-electron chi connectivity index (χ4n) is 0.886. The second-order valence-electron chi connectivity index (χ2n) is 2.28. The van der Waals surface area contributed by atoms with Gasteiger partial charge in [-0.05, 0) is 12.0 Å². The van der Waals surface area contributed by atoms with Gasteiger partial charge in [0.25, 0.3) is 0 Å². The zero-order valence-electron chi connectivity index (χ0n) is 6.25. The zero-order chi connectivity index (χ0) is 7.23. The number of hydrogen-bond donors (Lipinski definition) is 0. The highest BCUT2D eigenvalue weighted by Crippen LogP contribution is 1.99. The van der Waals surface area contributed by atoms with Crippen molar-refractivity contribution >= 4 is 0 Å². The van der Waals surface area contributed by atoms with E-state index in [-0.39, 0.29) is 0 Å². The van der Waals surface area contributed by atoms with Crippen LogP contribution in [0.4, 0.5) is 0 Å². The summed E-state index contributed by atoms with van der Waals surface area (Å²) in [7, 11) is 1.85. The van der Waals surface area contributed by atoms with Gasteiger partial charge in [0, 0.05) is 0 Å². The molecular weight excluding hydrogens is 122 g/mol. The van der Waals surface area contributed by atoms with Gasteiger partial charge in [-0.15, -0.1) is 6.54 Å². The molecule has 1 rings (SSSR count). The number of nitrogens with zero attached hydrogens (tertiary/aromatic N) is 1. The maximum Gasteiger partial charge on any atom is -0.0468 e. The Morgan fingerprint density at radius 1 is 1.20 bits per heavy atom. The Balaban J connectivity index is 2.43. The average molecular weight is 134 g/mol. The molecule has 0 radical (unpaired) electrons. The molecule has 0 bridgehead atoms. The minimum absolute atomic E-state index is 0.935. The predicted molar refractivity (Wildman–Crippen MR) is 44.3 cm³/mol. The van der Waals surface area contributed by atoms with Crippen LogP contribution >= 0.6 is 0 Å². The van der Waals surface area contributed by atoms with E-state index in [2.05, 4.69) is 29.6 Å². The summed E-state index contributed by atoms with van der Waals surface area (Å²) in [5, 5.41) is 4.03. The van der Waals surface area contributed by atoms with Gasteiger partial charge in [0.2, 0.25) is 0 Å². The third-order valence-electron chi connectivity index (χ3n) is 1.47. The largest absolute Gasteiger partial charge is 0.665 e. The molecule has 1 nitrogen and oxygen atoms in total. The van der Waals surface area contributed by atoms with Crippen molar-refractivity contribution in [3.8, 4) is 0 Å². The van der Waals surface area contributed by atoms with Crippen LogP contribution in [-0.4, -0.2) is 13.6 Å². The van der Waals surface area contributed by atoms with Crippen molar-refractivity contribution in [3.63, 3.8) is 0 Å². The number of rotatable bonds is 3. The lowest BCUT2D eigenvalue weighted by molar-refractivity contribution is 1.04. The van der Waals surface area contributed by atoms with E-state index >= 15 is 0 Å². The third-order valence-corrected chi connectivity index (χ3v) is 1.47. The summed E-state index contributed by atoms with van der Waals surface area (Å²) in [6, 6.07) is 10.4. The molecule has 0 aliphatic rings. The Labute approximate surface area is 62.1 Å². The summed E-state index contributed by atoms with van der Waals surface area (Å²) in [5.41, 5.74) is 1.37. The van der Waals surface area contributed by atoms with Crippen molar-refractivity contribution < 1.29 is 0 Å². The molecule has 0 N–H and O–H groups in total. The Morgan fingerprint density at radius 3 is 2.50 bits per heavy atom. The first kappa shape index (κ1) is 7.29. The van der Waals surface area contributed by atoms with E-state index in [1.165, 1.54) is 5.56 Å². The van der Waals surface area contributed by atoms with Crippen LogP contribution in [0, 0.1) is 0 Å². The standard InChI is InChI=1S/C9H12N/c1-10-8-7-9-5-3-2-4-6-9/h2-6H,7-8H2,1H3/q-1. The third kappa shape index (κ3) is 2.19. The van der Waals surface area contributed by atoms with Crippen molar-refractivity contribution in [1.82, 2.24) is 0 Å². The van der Waals surface area contributed by atoms with Crippen molar-refractivity contribution in [2.75, 3.05) is 13.6 Å². The highest BCUT2D eigenvalue weighted by Gasteiger charge is 1.82. The molecule has 0 aromatic heterocycles. The fourth-order valence-corrected chi connectivity index (χ4v) is 0.886. The van der Waals surface area contributed by atoms with Crippen LogP contribution in [0.2, 0.25) is 0 Å². The van der Waals surface area contributed by atoms with Gasteiger partial charge in [-0.2, -0.15) is 7.05 Å². The van der Waals surface area contributed by atoms with E-state index in [4.69, 9.17) is 0 Å².